The second-order valence-electron chi connectivity index (χ2n) is 11.1. The number of hydrogen-bond acceptors (Lipinski definition) is 2. The minimum absolute atomic E-state index is 0.890. The number of fused-ring (bicyclic) bond motifs is 7. The molecule has 0 radical (unpaired) electrons. The third-order valence-electron chi connectivity index (χ3n) is 8.71. The van der Waals surface area contributed by atoms with Crippen molar-refractivity contribution in [2.45, 2.75) is 0 Å². The lowest BCUT2D eigenvalue weighted by Gasteiger charge is -2.17. The molecule has 0 N–H and O–H groups in total. The van der Waals surface area contributed by atoms with Crippen molar-refractivity contribution in [2.24, 2.45) is 0 Å². The SMILES string of the molecule is c1ccc(-c2c3ccccc3c(-c3ccc(-c4cccc5oc6c7ccccc7ccc6c45)cn3)c3ccccc23)cc1. The summed E-state index contributed by atoms with van der Waals surface area (Å²) in [6.45, 7) is 0. The molecule has 0 saturated carbocycles. The largest absolute Gasteiger partial charge is 0.455 e. The number of furan rings is 1. The second kappa shape index (κ2) is 9.40. The van der Waals surface area contributed by atoms with Gasteiger partial charge in [-0.05, 0) is 61.8 Å². The standard InChI is InChI=1S/C41H25NO/c1-2-12-27(13-3-1)38-31-15-6-8-17-33(31)39(34-18-9-7-16-32(34)38)36-24-22-28(25-42-36)29-19-10-20-37-40(29)35-23-21-26-11-4-5-14-30(26)41(35)43-37/h1-25H. The van der Waals surface area contributed by atoms with Gasteiger partial charge in [0.15, 0.2) is 0 Å². The molecule has 2 heteroatoms. The lowest BCUT2D eigenvalue weighted by Crippen LogP contribution is -1.92. The lowest BCUT2D eigenvalue weighted by molar-refractivity contribution is 0.673. The van der Waals surface area contributed by atoms with E-state index < -0.39 is 0 Å². The minimum Gasteiger partial charge on any atom is -0.455 e. The van der Waals surface area contributed by atoms with Crippen LogP contribution in [0.3, 0.4) is 0 Å². The normalized spacial score (nSPS) is 11.7. The molecule has 0 fully saturated rings. The highest BCUT2D eigenvalue weighted by Gasteiger charge is 2.18. The molecule has 0 aliphatic heterocycles. The first-order chi connectivity index (χ1) is 21.3. The van der Waals surface area contributed by atoms with E-state index in [-0.39, 0.29) is 0 Å². The fraction of sp³-hybridized carbons (Fsp3) is 0. The second-order valence-corrected chi connectivity index (χ2v) is 11.1. The van der Waals surface area contributed by atoms with Crippen molar-refractivity contribution in [1.29, 1.82) is 0 Å². The van der Waals surface area contributed by atoms with Crippen molar-refractivity contribution in [1.82, 2.24) is 4.98 Å². The van der Waals surface area contributed by atoms with Gasteiger partial charge >= 0.3 is 0 Å². The fourth-order valence-electron chi connectivity index (χ4n) is 6.82. The van der Waals surface area contributed by atoms with E-state index in [0.717, 1.165) is 49.7 Å². The molecular weight excluding hydrogens is 522 g/mol. The van der Waals surface area contributed by atoms with E-state index in [0.29, 0.717) is 0 Å². The molecule has 0 atom stereocenters. The van der Waals surface area contributed by atoms with Gasteiger partial charge in [0.05, 0.1) is 5.69 Å². The molecule has 0 bridgehead atoms. The number of aromatic nitrogens is 1. The maximum atomic E-state index is 6.44. The molecule has 0 amide bonds. The van der Waals surface area contributed by atoms with Crippen LogP contribution in [0.15, 0.2) is 156 Å². The summed E-state index contributed by atoms with van der Waals surface area (Å²) in [6.07, 6.45) is 2.01. The molecule has 2 aromatic heterocycles. The first-order valence-electron chi connectivity index (χ1n) is 14.6. The summed E-state index contributed by atoms with van der Waals surface area (Å²) in [5, 5.41) is 9.44. The van der Waals surface area contributed by atoms with Crippen molar-refractivity contribution in [3.05, 3.63) is 152 Å². The number of hydrogen-bond donors (Lipinski definition) is 0. The number of rotatable bonds is 3. The zero-order chi connectivity index (χ0) is 28.3. The topological polar surface area (TPSA) is 26.0 Å². The van der Waals surface area contributed by atoms with Crippen LogP contribution in [0, 0.1) is 0 Å². The van der Waals surface area contributed by atoms with Gasteiger partial charge in [0.1, 0.15) is 11.2 Å². The highest BCUT2D eigenvalue weighted by Crippen LogP contribution is 2.44. The number of nitrogens with zero attached hydrogens (tertiary/aromatic N) is 1. The van der Waals surface area contributed by atoms with Gasteiger partial charge in [-0.1, -0.05) is 127 Å². The molecule has 0 spiro atoms. The first-order valence-corrected chi connectivity index (χ1v) is 14.6. The predicted octanol–water partition coefficient (Wildman–Crippen LogP) is 11.4. The summed E-state index contributed by atoms with van der Waals surface area (Å²) < 4.78 is 6.44. The molecule has 0 aliphatic carbocycles. The summed E-state index contributed by atoms with van der Waals surface area (Å²) in [6, 6.07) is 51.5. The van der Waals surface area contributed by atoms with Crippen LogP contribution < -0.4 is 0 Å². The third kappa shape index (κ3) is 3.63. The van der Waals surface area contributed by atoms with Crippen molar-refractivity contribution in [3.8, 4) is 33.5 Å². The van der Waals surface area contributed by atoms with Gasteiger partial charge in [-0.2, -0.15) is 0 Å². The molecule has 200 valence electrons. The van der Waals surface area contributed by atoms with E-state index in [4.69, 9.17) is 9.40 Å². The molecule has 43 heavy (non-hydrogen) atoms. The summed E-state index contributed by atoms with van der Waals surface area (Å²) in [5.41, 5.74) is 8.63. The smallest absolute Gasteiger partial charge is 0.143 e. The van der Waals surface area contributed by atoms with Crippen molar-refractivity contribution in [2.75, 3.05) is 0 Å². The van der Waals surface area contributed by atoms with Gasteiger partial charge in [0, 0.05) is 33.5 Å². The Morgan fingerprint density at radius 3 is 1.77 bits per heavy atom. The van der Waals surface area contributed by atoms with Gasteiger partial charge in [0.25, 0.3) is 0 Å². The molecule has 9 aromatic rings. The maximum absolute atomic E-state index is 6.44. The van der Waals surface area contributed by atoms with Crippen LogP contribution >= 0.6 is 0 Å². The Kier molecular flexibility index (Phi) is 5.23. The fourth-order valence-corrected chi connectivity index (χ4v) is 6.82. The molecule has 0 unspecified atom stereocenters. The Hall–Kier alpha value is -5.73. The summed E-state index contributed by atoms with van der Waals surface area (Å²) in [5.74, 6) is 0. The van der Waals surface area contributed by atoms with Crippen LogP contribution in [0.5, 0.6) is 0 Å². The predicted molar refractivity (Wildman–Crippen MR) is 180 cm³/mol. The Morgan fingerprint density at radius 2 is 1.07 bits per heavy atom. The molecule has 9 rings (SSSR count). The van der Waals surface area contributed by atoms with Crippen LogP contribution in [0.1, 0.15) is 0 Å². The van der Waals surface area contributed by atoms with Crippen molar-refractivity contribution >= 4 is 54.3 Å². The Labute approximate surface area is 248 Å². The van der Waals surface area contributed by atoms with E-state index in [1.165, 1.54) is 38.1 Å². The zero-order valence-electron chi connectivity index (χ0n) is 23.3. The van der Waals surface area contributed by atoms with E-state index in [1.54, 1.807) is 0 Å². The average molecular weight is 548 g/mol. The van der Waals surface area contributed by atoms with E-state index >= 15 is 0 Å². The molecule has 7 aromatic carbocycles. The van der Waals surface area contributed by atoms with Gasteiger partial charge in [-0.3, -0.25) is 4.98 Å². The Morgan fingerprint density at radius 1 is 0.419 bits per heavy atom. The van der Waals surface area contributed by atoms with Crippen LogP contribution in [-0.4, -0.2) is 4.98 Å². The molecule has 0 saturated heterocycles. The van der Waals surface area contributed by atoms with Gasteiger partial charge in [-0.25, -0.2) is 0 Å². The van der Waals surface area contributed by atoms with Gasteiger partial charge in [0.2, 0.25) is 0 Å². The Bertz CT molecular complexity index is 2430. The van der Waals surface area contributed by atoms with Crippen LogP contribution in [0.25, 0.3) is 87.8 Å². The number of pyridine rings is 1. The van der Waals surface area contributed by atoms with E-state index in [9.17, 15) is 0 Å². The van der Waals surface area contributed by atoms with Crippen molar-refractivity contribution < 1.29 is 4.42 Å². The highest BCUT2D eigenvalue weighted by atomic mass is 16.3. The summed E-state index contributed by atoms with van der Waals surface area (Å²) in [4.78, 5) is 5.12. The quantitative estimate of drug-likeness (QED) is 0.206. The number of benzene rings is 7. The average Bonchev–Trinajstić information content (AvgIpc) is 3.47. The summed E-state index contributed by atoms with van der Waals surface area (Å²) >= 11 is 0. The van der Waals surface area contributed by atoms with Gasteiger partial charge in [-0.15, -0.1) is 0 Å². The van der Waals surface area contributed by atoms with Crippen LogP contribution in [0.4, 0.5) is 0 Å². The third-order valence-corrected chi connectivity index (χ3v) is 8.71. The minimum atomic E-state index is 0.890. The first kappa shape index (κ1) is 23.9. The van der Waals surface area contributed by atoms with Crippen molar-refractivity contribution in [3.63, 3.8) is 0 Å². The van der Waals surface area contributed by atoms with Crippen LogP contribution in [0.2, 0.25) is 0 Å². The molecule has 2 nitrogen and oxygen atoms in total. The monoisotopic (exact) mass is 547 g/mol. The lowest BCUT2D eigenvalue weighted by atomic mass is 9.87. The Balaban J connectivity index is 1.25. The highest BCUT2D eigenvalue weighted by molar-refractivity contribution is 6.21. The summed E-state index contributed by atoms with van der Waals surface area (Å²) in [7, 11) is 0. The van der Waals surface area contributed by atoms with E-state index in [2.05, 4.69) is 146 Å². The maximum Gasteiger partial charge on any atom is 0.143 e. The molecular formula is C41H25NO. The molecule has 0 aliphatic rings. The molecule has 2 heterocycles. The van der Waals surface area contributed by atoms with Crippen LogP contribution in [-0.2, 0) is 0 Å². The van der Waals surface area contributed by atoms with Gasteiger partial charge < -0.3 is 4.42 Å². The zero-order valence-corrected chi connectivity index (χ0v) is 23.3. The van der Waals surface area contributed by atoms with E-state index in [1.807, 2.05) is 6.20 Å².